The Kier molecular flexibility index (Phi) is 5.87. The minimum atomic E-state index is -3.67. The summed E-state index contributed by atoms with van der Waals surface area (Å²) in [5.41, 5.74) is 0. The van der Waals surface area contributed by atoms with Crippen LogP contribution >= 0.6 is 11.3 Å². The van der Waals surface area contributed by atoms with E-state index < -0.39 is 21.9 Å². The number of carboxylic acids is 1. The molecule has 0 atom stereocenters. The molecule has 1 rings (SSSR count). The normalized spacial score (nSPS) is 11.6. The average Bonchev–Trinajstić information content (AvgIpc) is 2.86. The molecule has 118 valence electrons. The molecule has 0 bridgehead atoms. The molecule has 9 heteroatoms. The van der Waals surface area contributed by atoms with Gasteiger partial charge >= 0.3 is 5.97 Å². The molecular formula is C12H18N2O5S2. The molecule has 0 saturated heterocycles. The summed E-state index contributed by atoms with van der Waals surface area (Å²) in [4.78, 5) is 24.2. The number of rotatable bonds is 7. The van der Waals surface area contributed by atoms with Crippen LogP contribution in [0, 0.1) is 0 Å². The second-order valence-corrected chi connectivity index (χ2v) is 7.66. The first-order valence-corrected chi connectivity index (χ1v) is 8.47. The minimum Gasteiger partial charge on any atom is -0.481 e. The van der Waals surface area contributed by atoms with Gasteiger partial charge in [0.1, 0.15) is 9.77 Å². The smallest absolute Gasteiger partial charge is 0.303 e. The topological polar surface area (TPSA) is 95.0 Å². The Balaban J connectivity index is 2.90. The maximum Gasteiger partial charge on any atom is 0.303 e. The molecular weight excluding hydrogens is 316 g/mol. The van der Waals surface area contributed by atoms with E-state index in [2.05, 4.69) is 0 Å². The molecule has 1 N–H and O–H groups in total. The first-order valence-electron chi connectivity index (χ1n) is 6.15. The average molecular weight is 334 g/mol. The van der Waals surface area contributed by atoms with Crippen molar-refractivity contribution in [2.45, 2.75) is 17.7 Å². The molecule has 0 aliphatic carbocycles. The summed E-state index contributed by atoms with van der Waals surface area (Å²) in [6.45, 7) is 0.254. The van der Waals surface area contributed by atoms with Gasteiger partial charge in [-0.15, -0.1) is 11.3 Å². The van der Waals surface area contributed by atoms with Crippen LogP contribution in [0.25, 0.3) is 0 Å². The van der Waals surface area contributed by atoms with E-state index in [0.717, 1.165) is 15.6 Å². The van der Waals surface area contributed by atoms with Crippen molar-refractivity contribution >= 4 is 33.2 Å². The van der Waals surface area contributed by atoms with Gasteiger partial charge in [0.15, 0.2) is 0 Å². The Morgan fingerprint density at radius 3 is 2.43 bits per heavy atom. The van der Waals surface area contributed by atoms with Crippen LogP contribution in [0.15, 0.2) is 16.3 Å². The molecule has 1 aromatic heterocycles. The van der Waals surface area contributed by atoms with E-state index >= 15 is 0 Å². The zero-order valence-corrected chi connectivity index (χ0v) is 13.7. The highest BCUT2D eigenvalue weighted by Gasteiger charge is 2.27. The van der Waals surface area contributed by atoms with Crippen molar-refractivity contribution in [3.63, 3.8) is 0 Å². The molecule has 7 nitrogen and oxygen atoms in total. The third-order valence-corrected chi connectivity index (χ3v) is 5.70. The second kappa shape index (κ2) is 7.01. The number of aliphatic carboxylic acids is 1. The third kappa shape index (κ3) is 4.26. The summed E-state index contributed by atoms with van der Waals surface area (Å²) in [5.74, 6) is -1.35. The van der Waals surface area contributed by atoms with Crippen molar-refractivity contribution in [2.75, 3.05) is 27.7 Å². The van der Waals surface area contributed by atoms with E-state index in [1.165, 1.54) is 32.1 Å². The van der Waals surface area contributed by atoms with Crippen LogP contribution in [0.4, 0.5) is 0 Å². The van der Waals surface area contributed by atoms with Crippen LogP contribution in [0.1, 0.15) is 22.5 Å². The van der Waals surface area contributed by atoms with Crippen molar-refractivity contribution < 1.29 is 23.1 Å². The molecule has 0 radical (unpaired) electrons. The fourth-order valence-corrected chi connectivity index (χ4v) is 3.88. The van der Waals surface area contributed by atoms with Gasteiger partial charge in [0, 0.05) is 34.1 Å². The van der Waals surface area contributed by atoms with Gasteiger partial charge in [-0.3, -0.25) is 9.59 Å². The number of carboxylic acid groups (broad SMARTS) is 1. The van der Waals surface area contributed by atoms with Gasteiger partial charge in [0.25, 0.3) is 5.91 Å². The van der Waals surface area contributed by atoms with Crippen LogP contribution in [0.3, 0.4) is 0 Å². The summed E-state index contributed by atoms with van der Waals surface area (Å²) < 4.78 is 25.3. The standard InChI is InChI=1S/C12H18N2O5S2/c1-13(2)21(18,19)9-6-8-20-11(9)12(17)14(3)7-4-5-10(15)16/h6,8H,4-5,7H2,1-3H3,(H,15,16). The predicted molar refractivity (Wildman–Crippen MR) is 79.0 cm³/mol. The Morgan fingerprint density at radius 2 is 1.90 bits per heavy atom. The third-order valence-electron chi connectivity index (χ3n) is 2.81. The molecule has 0 aliphatic rings. The molecule has 0 saturated carbocycles. The van der Waals surface area contributed by atoms with Crippen LogP contribution in [-0.2, 0) is 14.8 Å². The lowest BCUT2D eigenvalue weighted by molar-refractivity contribution is -0.137. The molecule has 1 heterocycles. The van der Waals surface area contributed by atoms with E-state index in [-0.39, 0.29) is 22.7 Å². The maximum absolute atomic E-state index is 12.3. The first-order chi connectivity index (χ1) is 9.67. The molecule has 0 unspecified atom stereocenters. The number of thiophene rings is 1. The predicted octanol–water partition coefficient (Wildman–Crippen LogP) is 0.935. The van der Waals surface area contributed by atoms with E-state index in [0.29, 0.717) is 6.42 Å². The number of hydrogen-bond donors (Lipinski definition) is 1. The summed E-state index contributed by atoms with van der Waals surface area (Å²) in [7, 11) is 0.650. The van der Waals surface area contributed by atoms with Gasteiger partial charge in [-0.05, 0) is 17.9 Å². The van der Waals surface area contributed by atoms with Gasteiger partial charge in [-0.1, -0.05) is 0 Å². The molecule has 0 spiro atoms. The Labute approximate surface area is 127 Å². The Bertz CT molecular complexity index is 621. The Hall–Kier alpha value is -1.45. The zero-order valence-electron chi connectivity index (χ0n) is 12.1. The summed E-state index contributed by atoms with van der Waals surface area (Å²) in [5, 5.41) is 10.1. The molecule has 1 aromatic rings. The van der Waals surface area contributed by atoms with Crippen LogP contribution in [-0.4, -0.2) is 62.3 Å². The quantitative estimate of drug-likeness (QED) is 0.800. The number of carbonyl (C=O) groups is 2. The lowest BCUT2D eigenvalue weighted by atomic mass is 10.3. The van der Waals surface area contributed by atoms with Gasteiger partial charge in [-0.2, -0.15) is 0 Å². The number of sulfonamides is 1. The van der Waals surface area contributed by atoms with Crippen LogP contribution in [0.5, 0.6) is 0 Å². The molecule has 1 amide bonds. The van der Waals surface area contributed by atoms with Crippen molar-refractivity contribution in [3.05, 3.63) is 16.3 Å². The molecule has 0 aromatic carbocycles. The van der Waals surface area contributed by atoms with E-state index in [9.17, 15) is 18.0 Å². The van der Waals surface area contributed by atoms with Crippen molar-refractivity contribution in [2.24, 2.45) is 0 Å². The summed E-state index contributed by atoms with van der Waals surface area (Å²) in [6, 6.07) is 1.40. The minimum absolute atomic E-state index is 0.0208. The molecule has 0 aliphatic heterocycles. The van der Waals surface area contributed by atoms with Crippen molar-refractivity contribution in [3.8, 4) is 0 Å². The fraction of sp³-hybridized carbons (Fsp3) is 0.500. The largest absolute Gasteiger partial charge is 0.481 e. The molecule has 21 heavy (non-hydrogen) atoms. The lowest BCUT2D eigenvalue weighted by Crippen LogP contribution is -2.30. The SMILES string of the molecule is CN(CCCC(=O)O)C(=O)c1sccc1S(=O)(=O)N(C)C. The highest BCUT2D eigenvalue weighted by molar-refractivity contribution is 7.89. The van der Waals surface area contributed by atoms with Gasteiger partial charge in [0.05, 0.1) is 0 Å². The van der Waals surface area contributed by atoms with Crippen LogP contribution in [0.2, 0.25) is 0 Å². The zero-order chi connectivity index (χ0) is 16.2. The van der Waals surface area contributed by atoms with Gasteiger partial charge in [0.2, 0.25) is 10.0 Å². The first kappa shape index (κ1) is 17.6. The summed E-state index contributed by atoms with van der Waals surface area (Å²) >= 11 is 1.06. The van der Waals surface area contributed by atoms with E-state index in [1.54, 1.807) is 5.38 Å². The van der Waals surface area contributed by atoms with E-state index in [4.69, 9.17) is 5.11 Å². The number of amides is 1. The van der Waals surface area contributed by atoms with Crippen LogP contribution < -0.4 is 0 Å². The van der Waals surface area contributed by atoms with Crippen molar-refractivity contribution in [1.29, 1.82) is 0 Å². The molecule has 0 fully saturated rings. The summed E-state index contributed by atoms with van der Waals surface area (Å²) in [6.07, 6.45) is 0.281. The maximum atomic E-state index is 12.3. The van der Waals surface area contributed by atoms with Gasteiger partial charge < -0.3 is 10.0 Å². The monoisotopic (exact) mass is 334 g/mol. The fourth-order valence-electron chi connectivity index (χ4n) is 1.60. The number of carbonyl (C=O) groups excluding carboxylic acids is 1. The highest BCUT2D eigenvalue weighted by Crippen LogP contribution is 2.25. The van der Waals surface area contributed by atoms with Crippen molar-refractivity contribution in [1.82, 2.24) is 9.21 Å². The number of hydrogen-bond acceptors (Lipinski definition) is 5. The van der Waals surface area contributed by atoms with Gasteiger partial charge in [-0.25, -0.2) is 12.7 Å². The lowest BCUT2D eigenvalue weighted by Gasteiger charge is -2.17. The number of nitrogens with zero attached hydrogens (tertiary/aromatic N) is 2. The second-order valence-electron chi connectivity index (χ2n) is 4.63. The van der Waals surface area contributed by atoms with E-state index in [1.807, 2.05) is 0 Å². The Morgan fingerprint density at radius 1 is 1.29 bits per heavy atom. The highest BCUT2D eigenvalue weighted by atomic mass is 32.2.